The molecule has 132 valence electrons. The molecule has 1 aromatic carbocycles. The number of aryl methyl sites for hydroxylation is 2. The highest BCUT2D eigenvalue weighted by atomic mass is 16.7. The van der Waals surface area contributed by atoms with E-state index >= 15 is 0 Å². The molecule has 3 rings (SSSR count). The Morgan fingerprint density at radius 3 is 2.58 bits per heavy atom. The summed E-state index contributed by atoms with van der Waals surface area (Å²) >= 11 is 0. The smallest absolute Gasteiger partial charge is 0.321 e. The van der Waals surface area contributed by atoms with Gasteiger partial charge in [0.25, 0.3) is 0 Å². The van der Waals surface area contributed by atoms with Crippen LogP contribution in [-0.2, 0) is 15.9 Å². The Morgan fingerprint density at radius 1 is 1.25 bits per heavy atom. The van der Waals surface area contributed by atoms with Crippen LogP contribution in [0.1, 0.15) is 43.7 Å². The molecule has 2 saturated heterocycles. The first-order chi connectivity index (χ1) is 11.6. The fourth-order valence-electron chi connectivity index (χ4n) is 3.43. The number of nitrogens with zero attached hydrogens (tertiary/aromatic N) is 1. The van der Waals surface area contributed by atoms with Crippen LogP contribution in [0.5, 0.6) is 0 Å². The van der Waals surface area contributed by atoms with Crippen molar-refractivity contribution >= 4 is 11.7 Å². The number of carbonyl (C=O) groups excluding carboxylic acids is 1. The SMILES string of the molecule is CCCCc1ccc(NC(=O)N2CCC3(CC2)OCCO3)c(C)c1. The maximum atomic E-state index is 12.5. The second kappa shape index (κ2) is 7.53. The summed E-state index contributed by atoms with van der Waals surface area (Å²) in [5.74, 6) is -0.437. The van der Waals surface area contributed by atoms with Gasteiger partial charge < -0.3 is 19.7 Å². The number of amides is 2. The van der Waals surface area contributed by atoms with Crippen LogP contribution in [0.25, 0.3) is 0 Å². The third kappa shape index (κ3) is 3.90. The molecule has 1 spiro atoms. The second-order valence-corrected chi connectivity index (χ2v) is 6.78. The largest absolute Gasteiger partial charge is 0.347 e. The molecule has 5 nitrogen and oxygen atoms in total. The summed E-state index contributed by atoms with van der Waals surface area (Å²) in [5, 5.41) is 3.05. The highest BCUT2D eigenvalue weighted by Crippen LogP contribution is 2.31. The number of ether oxygens (including phenoxy) is 2. The summed E-state index contributed by atoms with van der Waals surface area (Å²) in [5.41, 5.74) is 3.35. The average Bonchev–Trinajstić information content (AvgIpc) is 3.04. The van der Waals surface area contributed by atoms with Crippen LogP contribution in [0.3, 0.4) is 0 Å². The second-order valence-electron chi connectivity index (χ2n) is 6.78. The molecular formula is C19H28N2O3. The van der Waals surface area contributed by atoms with Gasteiger partial charge in [0, 0.05) is 31.6 Å². The van der Waals surface area contributed by atoms with Gasteiger partial charge in [0.2, 0.25) is 0 Å². The van der Waals surface area contributed by atoms with Crippen molar-refractivity contribution in [3.63, 3.8) is 0 Å². The summed E-state index contributed by atoms with van der Waals surface area (Å²) in [6.45, 7) is 6.91. The Kier molecular flexibility index (Phi) is 5.41. The Labute approximate surface area is 144 Å². The van der Waals surface area contributed by atoms with Gasteiger partial charge in [0.1, 0.15) is 0 Å². The number of unbranched alkanes of at least 4 members (excludes halogenated alkanes) is 1. The molecule has 2 aliphatic heterocycles. The fourth-order valence-corrected chi connectivity index (χ4v) is 3.43. The van der Waals surface area contributed by atoms with Gasteiger partial charge in [-0.05, 0) is 37.0 Å². The van der Waals surface area contributed by atoms with Crippen molar-refractivity contribution in [3.05, 3.63) is 29.3 Å². The number of benzene rings is 1. The first-order valence-corrected chi connectivity index (χ1v) is 9.05. The van der Waals surface area contributed by atoms with Gasteiger partial charge in [-0.3, -0.25) is 0 Å². The molecule has 2 aliphatic rings. The number of rotatable bonds is 4. The van der Waals surface area contributed by atoms with E-state index in [2.05, 4.69) is 31.3 Å². The molecule has 0 saturated carbocycles. The van der Waals surface area contributed by atoms with Crippen molar-refractivity contribution in [1.29, 1.82) is 0 Å². The predicted molar refractivity (Wildman–Crippen MR) is 94.3 cm³/mol. The van der Waals surface area contributed by atoms with E-state index in [1.165, 1.54) is 18.4 Å². The highest BCUT2D eigenvalue weighted by Gasteiger charge is 2.40. The normalized spacial score (nSPS) is 19.7. The number of anilines is 1. The van der Waals surface area contributed by atoms with E-state index in [0.717, 1.165) is 30.5 Å². The van der Waals surface area contributed by atoms with Crippen LogP contribution in [0, 0.1) is 6.92 Å². The number of hydrogen-bond acceptors (Lipinski definition) is 3. The molecule has 1 N–H and O–H groups in total. The van der Waals surface area contributed by atoms with Crippen LogP contribution in [-0.4, -0.2) is 43.0 Å². The van der Waals surface area contributed by atoms with Crippen LogP contribution in [0.15, 0.2) is 18.2 Å². The zero-order valence-corrected chi connectivity index (χ0v) is 14.8. The lowest BCUT2D eigenvalue weighted by molar-refractivity contribution is -0.181. The van der Waals surface area contributed by atoms with Crippen LogP contribution >= 0.6 is 0 Å². The molecule has 2 heterocycles. The number of nitrogens with one attached hydrogen (secondary N) is 1. The predicted octanol–water partition coefficient (Wildman–Crippen LogP) is 3.71. The summed E-state index contributed by atoms with van der Waals surface area (Å²) in [6, 6.07) is 6.28. The Hall–Kier alpha value is -1.59. The van der Waals surface area contributed by atoms with Gasteiger partial charge in [0.05, 0.1) is 13.2 Å². The van der Waals surface area contributed by atoms with E-state index in [1.807, 2.05) is 11.0 Å². The van der Waals surface area contributed by atoms with Crippen LogP contribution in [0.4, 0.5) is 10.5 Å². The molecule has 0 bridgehead atoms. The van der Waals surface area contributed by atoms with Gasteiger partial charge in [-0.2, -0.15) is 0 Å². The van der Waals surface area contributed by atoms with Gasteiger partial charge in [0.15, 0.2) is 5.79 Å². The Morgan fingerprint density at radius 2 is 1.96 bits per heavy atom. The number of carbonyl (C=O) groups is 1. The first-order valence-electron chi connectivity index (χ1n) is 9.05. The summed E-state index contributed by atoms with van der Waals surface area (Å²) in [7, 11) is 0. The highest BCUT2D eigenvalue weighted by molar-refractivity contribution is 5.90. The Balaban J connectivity index is 1.55. The first kappa shape index (κ1) is 17.2. The molecule has 0 unspecified atom stereocenters. The van der Waals surface area contributed by atoms with Crippen molar-refractivity contribution in [2.45, 2.75) is 51.7 Å². The van der Waals surface area contributed by atoms with Crippen molar-refractivity contribution in [2.24, 2.45) is 0 Å². The van der Waals surface area contributed by atoms with E-state index in [9.17, 15) is 4.79 Å². The van der Waals surface area contributed by atoms with E-state index < -0.39 is 5.79 Å². The Bertz CT molecular complexity index is 572. The third-order valence-electron chi connectivity index (χ3n) is 4.98. The van der Waals surface area contributed by atoms with Crippen LogP contribution in [0.2, 0.25) is 0 Å². The minimum atomic E-state index is -0.437. The monoisotopic (exact) mass is 332 g/mol. The third-order valence-corrected chi connectivity index (χ3v) is 4.98. The molecule has 0 aromatic heterocycles. The van der Waals surface area contributed by atoms with E-state index in [1.54, 1.807) is 0 Å². The van der Waals surface area contributed by atoms with Crippen molar-refractivity contribution in [3.8, 4) is 0 Å². The standard InChI is InChI=1S/C19H28N2O3/c1-3-4-5-16-6-7-17(15(2)14-16)20-18(22)21-10-8-19(9-11-21)23-12-13-24-19/h6-7,14H,3-5,8-13H2,1-2H3,(H,20,22). The van der Waals surface area contributed by atoms with Crippen molar-refractivity contribution in [1.82, 2.24) is 4.90 Å². The number of piperidine rings is 1. The lowest BCUT2D eigenvalue weighted by Crippen LogP contribution is -2.48. The molecule has 1 aromatic rings. The van der Waals surface area contributed by atoms with E-state index in [-0.39, 0.29) is 6.03 Å². The van der Waals surface area contributed by atoms with E-state index in [0.29, 0.717) is 26.3 Å². The molecular weight excluding hydrogens is 304 g/mol. The van der Waals surface area contributed by atoms with Gasteiger partial charge in [-0.1, -0.05) is 25.5 Å². The summed E-state index contributed by atoms with van der Waals surface area (Å²) < 4.78 is 11.4. The molecule has 0 aliphatic carbocycles. The van der Waals surface area contributed by atoms with Crippen molar-refractivity contribution < 1.29 is 14.3 Å². The minimum Gasteiger partial charge on any atom is -0.347 e. The fraction of sp³-hybridized carbons (Fsp3) is 0.632. The topological polar surface area (TPSA) is 50.8 Å². The minimum absolute atomic E-state index is 0.0349. The number of urea groups is 1. The van der Waals surface area contributed by atoms with Gasteiger partial charge >= 0.3 is 6.03 Å². The van der Waals surface area contributed by atoms with Crippen molar-refractivity contribution in [2.75, 3.05) is 31.6 Å². The average molecular weight is 332 g/mol. The maximum absolute atomic E-state index is 12.5. The number of hydrogen-bond donors (Lipinski definition) is 1. The summed E-state index contributed by atoms with van der Waals surface area (Å²) in [4.78, 5) is 14.4. The molecule has 5 heteroatoms. The molecule has 0 atom stereocenters. The van der Waals surface area contributed by atoms with E-state index in [4.69, 9.17) is 9.47 Å². The molecule has 24 heavy (non-hydrogen) atoms. The molecule has 2 amide bonds. The quantitative estimate of drug-likeness (QED) is 0.914. The lowest BCUT2D eigenvalue weighted by atomic mass is 10.0. The zero-order chi connectivity index (χ0) is 17.0. The van der Waals surface area contributed by atoms with Crippen LogP contribution < -0.4 is 5.32 Å². The lowest BCUT2D eigenvalue weighted by Gasteiger charge is -2.37. The summed E-state index contributed by atoms with van der Waals surface area (Å²) in [6.07, 6.45) is 4.98. The van der Waals surface area contributed by atoms with Gasteiger partial charge in [-0.15, -0.1) is 0 Å². The van der Waals surface area contributed by atoms with Gasteiger partial charge in [-0.25, -0.2) is 4.79 Å². The number of likely N-dealkylation sites (tertiary alicyclic amines) is 1. The molecule has 0 radical (unpaired) electrons. The molecule has 2 fully saturated rings. The zero-order valence-electron chi connectivity index (χ0n) is 14.8. The maximum Gasteiger partial charge on any atom is 0.321 e.